The molecule has 0 aliphatic carbocycles. The molecule has 0 spiro atoms. The average molecular weight is 411 g/mol. The molecule has 28 heavy (non-hydrogen) atoms. The van der Waals surface area contributed by atoms with Gasteiger partial charge in [0.15, 0.2) is 5.16 Å². The number of para-hydroxylation sites is 2. The van der Waals surface area contributed by atoms with Crippen molar-refractivity contribution in [1.29, 1.82) is 0 Å². The fourth-order valence-electron chi connectivity index (χ4n) is 2.62. The third kappa shape index (κ3) is 5.05. The smallest absolute Gasteiger partial charge is 0.234 e. The van der Waals surface area contributed by atoms with Crippen LogP contribution in [0.1, 0.15) is 12.7 Å². The molecule has 0 aliphatic heterocycles. The number of carbonyl (C=O) groups excluding carboxylic acids is 1. The van der Waals surface area contributed by atoms with E-state index in [4.69, 9.17) is 0 Å². The Balaban J connectivity index is 1.69. The Morgan fingerprint density at radius 2 is 1.86 bits per heavy atom. The fourth-order valence-corrected chi connectivity index (χ4v) is 4.14. The van der Waals surface area contributed by atoms with Gasteiger partial charge in [0.25, 0.3) is 0 Å². The monoisotopic (exact) mass is 410 g/mol. The highest BCUT2D eigenvalue weighted by atomic mass is 32.2. The highest BCUT2D eigenvalue weighted by Crippen LogP contribution is 2.28. The summed E-state index contributed by atoms with van der Waals surface area (Å²) >= 11 is 3.03. The van der Waals surface area contributed by atoms with Crippen molar-refractivity contribution in [3.63, 3.8) is 0 Å². The van der Waals surface area contributed by atoms with Crippen molar-refractivity contribution in [2.24, 2.45) is 0 Å². The molecule has 1 N–H and O–H groups in total. The summed E-state index contributed by atoms with van der Waals surface area (Å²) < 4.78 is 2.01. The Bertz CT molecular complexity index is 941. The molecule has 2 aromatic carbocycles. The molecule has 1 heterocycles. The molecule has 3 aromatic rings. The molecular formula is C21H22N4OS2. The summed E-state index contributed by atoms with van der Waals surface area (Å²) in [6.45, 7) is 5.79. The van der Waals surface area contributed by atoms with Gasteiger partial charge in [-0.25, -0.2) is 0 Å². The molecule has 0 saturated carbocycles. The third-order valence-corrected chi connectivity index (χ3v) is 5.88. The lowest BCUT2D eigenvalue weighted by Crippen LogP contribution is -2.15. The number of benzene rings is 2. The highest BCUT2D eigenvalue weighted by molar-refractivity contribution is 8.00. The van der Waals surface area contributed by atoms with Crippen molar-refractivity contribution in [2.75, 3.05) is 16.8 Å². The van der Waals surface area contributed by atoms with Crippen LogP contribution in [-0.4, -0.2) is 32.2 Å². The largest absolute Gasteiger partial charge is 0.324 e. The molecule has 1 amide bonds. The lowest BCUT2D eigenvalue weighted by molar-refractivity contribution is -0.113. The molecule has 3 rings (SSSR count). The zero-order valence-electron chi connectivity index (χ0n) is 15.7. The van der Waals surface area contributed by atoms with E-state index in [9.17, 15) is 4.79 Å². The van der Waals surface area contributed by atoms with Crippen LogP contribution >= 0.6 is 23.5 Å². The summed E-state index contributed by atoms with van der Waals surface area (Å²) in [5, 5.41) is 12.3. The van der Waals surface area contributed by atoms with E-state index >= 15 is 0 Å². The minimum atomic E-state index is -0.0719. The maximum Gasteiger partial charge on any atom is 0.234 e. The second kappa shape index (κ2) is 10.1. The second-order valence-electron chi connectivity index (χ2n) is 5.86. The van der Waals surface area contributed by atoms with Crippen LogP contribution in [0.2, 0.25) is 0 Å². The van der Waals surface area contributed by atoms with Gasteiger partial charge in [-0.3, -0.25) is 9.36 Å². The van der Waals surface area contributed by atoms with Gasteiger partial charge in [-0.2, -0.15) is 0 Å². The van der Waals surface area contributed by atoms with E-state index in [1.807, 2.05) is 72.2 Å². The van der Waals surface area contributed by atoms with Crippen LogP contribution < -0.4 is 5.32 Å². The first-order valence-electron chi connectivity index (χ1n) is 8.98. The standard InChI is InChI=1S/C21H22N4OS2/c1-3-14-27-18-13-9-8-12-17(18)22-20(26)15-28-21-24-23-19(4-2)25(21)16-10-6-5-7-11-16/h3,5-13H,1,4,14-15H2,2H3,(H,22,26). The maximum atomic E-state index is 12.5. The quantitative estimate of drug-likeness (QED) is 0.404. The molecule has 144 valence electrons. The van der Waals surface area contributed by atoms with Crippen molar-refractivity contribution in [1.82, 2.24) is 14.8 Å². The van der Waals surface area contributed by atoms with E-state index in [0.29, 0.717) is 5.16 Å². The highest BCUT2D eigenvalue weighted by Gasteiger charge is 2.15. The van der Waals surface area contributed by atoms with Crippen molar-refractivity contribution >= 4 is 35.1 Å². The van der Waals surface area contributed by atoms with Crippen molar-refractivity contribution in [3.05, 3.63) is 73.1 Å². The normalized spacial score (nSPS) is 10.6. The lowest BCUT2D eigenvalue weighted by Gasteiger charge is -2.11. The summed E-state index contributed by atoms with van der Waals surface area (Å²) in [7, 11) is 0. The first kappa shape index (κ1) is 20.2. The van der Waals surface area contributed by atoms with Gasteiger partial charge in [0, 0.05) is 22.8 Å². The first-order valence-corrected chi connectivity index (χ1v) is 10.9. The number of hydrogen-bond donors (Lipinski definition) is 1. The molecular weight excluding hydrogens is 388 g/mol. The Labute approximate surface area is 173 Å². The summed E-state index contributed by atoms with van der Waals surface area (Å²) in [6, 6.07) is 17.7. The molecule has 0 fully saturated rings. The Morgan fingerprint density at radius 3 is 2.61 bits per heavy atom. The van der Waals surface area contributed by atoms with E-state index in [-0.39, 0.29) is 11.7 Å². The van der Waals surface area contributed by atoms with Crippen LogP contribution in [0.25, 0.3) is 5.69 Å². The number of amides is 1. The molecule has 7 heteroatoms. The van der Waals surface area contributed by atoms with Crippen molar-refractivity contribution < 1.29 is 4.79 Å². The van der Waals surface area contributed by atoms with Crippen molar-refractivity contribution in [2.45, 2.75) is 23.4 Å². The molecule has 0 unspecified atom stereocenters. The minimum Gasteiger partial charge on any atom is -0.324 e. The molecule has 0 saturated heterocycles. The van der Waals surface area contributed by atoms with Crippen LogP contribution in [0.3, 0.4) is 0 Å². The molecule has 0 bridgehead atoms. The molecule has 0 radical (unpaired) electrons. The Morgan fingerprint density at radius 1 is 1.11 bits per heavy atom. The van der Waals surface area contributed by atoms with Crippen LogP contribution in [0.4, 0.5) is 5.69 Å². The second-order valence-corrected chi connectivity index (χ2v) is 7.86. The SMILES string of the molecule is C=CCSc1ccccc1NC(=O)CSc1nnc(CC)n1-c1ccccc1. The van der Waals surface area contributed by atoms with Gasteiger partial charge in [-0.05, 0) is 24.3 Å². The third-order valence-electron chi connectivity index (χ3n) is 3.88. The molecule has 0 aliphatic rings. The predicted octanol–water partition coefficient (Wildman–Crippen LogP) is 4.84. The van der Waals surface area contributed by atoms with Gasteiger partial charge in [0.2, 0.25) is 5.91 Å². The predicted molar refractivity (Wildman–Crippen MR) is 117 cm³/mol. The van der Waals surface area contributed by atoms with E-state index in [1.165, 1.54) is 11.8 Å². The van der Waals surface area contributed by atoms with Crippen molar-refractivity contribution in [3.8, 4) is 5.69 Å². The summed E-state index contributed by atoms with van der Waals surface area (Å²) in [5.41, 5.74) is 1.82. The number of anilines is 1. The molecule has 5 nitrogen and oxygen atoms in total. The number of nitrogens with one attached hydrogen (secondary N) is 1. The van der Waals surface area contributed by atoms with Gasteiger partial charge >= 0.3 is 0 Å². The zero-order chi connectivity index (χ0) is 19.8. The van der Waals surface area contributed by atoms with Gasteiger partial charge in [0.05, 0.1) is 11.4 Å². The van der Waals surface area contributed by atoms with E-state index in [2.05, 4.69) is 22.1 Å². The van der Waals surface area contributed by atoms with Gasteiger partial charge in [-0.1, -0.05) is 55.1 Å². The van der Waals surface area contributed by atoms with Gasteiger partial charge in [0.1, 0.15) is 5.82 Å². The van der Waals surface area contributed by atoms with E-state index in [1.54, 1.807) is 11.8 Å². The number of aryl methyl sites for hydroxylation is 1. The zero-order valence-corrected chi connectivity index (χ0v) is 17.3. The number of hydrogen-bond acceptors (Lipinski definition) is 5. The number of aromatic nitrogens is 3. The number of nitrogens with zero attached hydrogens (tertiary/aromatic N) is 3. The van der Waals surface area contributed by atoms with E-state index < -0.39 is 0 Å². The van der Waals surface area contributed by atoms with Crippen LogP contribution in [0, 0.1) is 0 Å². The number of thioether (sulfide) groups is 2. The van der Waals surface area contributed by atoms with E-state index in [0.717, 1.165) is 34.3 Å². The summed E-state index contributed by atoms with van der Waals surface area (Å²) in [6.07, 6.45) is 2.61. The van der Waals surface area contributed by atoms with Gasteiger partial charge in [-0.15, -0.1) is 28.5 Å². The topological polar surface area (TPSA) is 59.8 Å². The van der Waals surface area contributed by atoms with Gasteiger partial charge < -0.3 is 5.32 Å². The summed E-state index contributed by atoms with van der Waals surface area (Å²) in [4.78, 5) is 13.5. The van der Waals surface area contributed by atoms with Crippen LogP contribution in [-0.2, 0) is 11.2 Å². The number of rotatable bonds is 9. The number of carbonyl (C=O) groups is 1. The molecule has 0 atom stereocenters. The Hall–Kier alpha value is -2.51. The lowest BCUT2D eigenvalue weighted by atomic mass is 10.3. The molecule has 1 aromatic heterocycles. The summed E-state index contributed by atoms with van der Waals surface area (Å²) in [5.74, 6) is 1.86. The Kier molecular flexibility index (Phi) is 7.33. The maximum absolute atomic E-state index is 12.5. The van der Waals surface area contributed by atoms with Crippen LogP contribution in [0.5, 0.6) is 0 Å². The average Bonchev–Trinajstić information content (AvgIpc) is 3.15. The first-order chi connectivity index (χ1) is 13.7. The van der Waals surface area contributed by atoms with Crippen LogP contribution in [0.15, 0.2) is 77.3 Å². The fraction of sp³-hybridized carbons (Fsp3) is 0.190. The minimum absolute atomic E-state index is 0.0719.